The van der Waals surface area contributed by atoms with Gasteiger partial charge >= 0.3 is 0 Å². The molecule has 0 spiro atoms. The van der Waals surface area contributed by atoms with Gasteiger partial charge in [0.25, 0.3) is 11.6 Å². The minimum absolute atomic E-state index is 0.0414. The maximum Gasteiger partial charge on any atom is 0.282 e. The fourth-order valence-electron chi connectivity index (χ4n) is 2.13. The van der Waals surface area contributed by atoms with E-state index in [-0.39, 0.29) is 23.1 Å². The van der Waals surface area contributed by atoms with Crippen LogP contribution in [0.2, 0.25) is 0 Å². The molecule has 7 heteroatoms. The van der Waals surface area contributed by atoms with E-state index in [1.807, 2.05) is 0 Å². The molecule has 1 aliphatic heterocycles. The van der Waals surface area contributed by atoms with Gasteiger partial charge in [-0.25, -0.2) is 0 Å². The molecule has 7 nitrogen and oxygen atoms in total. The molecule has 0 aromatic heterocycles. The first-order chi connectivity index (χ1) is 9.02. The van der Waals surface area contributed by atoms with Crippen molar-refractivity contribution < 1.29 is 19.6 Å². The SMILES string of the molecule is COC1CCN(C(=O)c2cc(O)ccc2[N+](=O)[O-])C1. The number of benzene rings is 1. The minimum atomic E-state index is -0.628. The number of likely N-dealkylation sites (tertiary alicyclic amines) is 1. The summed E-state index contributed by atoms with van der Waals surface area (Å²) in [6.45, 7) is 0.895. The Morgan fingerprint density at radius 3 is 2.89 bits per heavy atom. The molecule has 1 saturated heterocycles. The largest absolute Gasteiger partial charge is 0.508 e. The van der Waals surface area contributed by atoms with E-state index in [0.29, 0.717) is 19.5 Å². The first kappa shape index (κ1) is 13.3. The number of nitrogens with zero attached hydrogens (tertiary/aromatic N) is 2. The molecule has 0 bridgehead atoms. The van der Waals surface area contributed by atoms with Crippen LogP contribution in [-0.2, 0) is 4.74 Å². The van der Waals surface area contributed by atoms with E-state index in [1.54, 1.807) is 7.11 Å². The Hall–Kier alpha value is -2.15. The van der Waals surface area contributed by atoms with Gasteiger partial charge < -0.3 is 14.7 Å². The number of aromatic hydroxyl groups is 1. The number of carbonyl (C=O) groups is 1. The second-order valence-corrected chi connectivity index (χ2v) is 4.36. The van der Waals surface area contributed by atoms with Gasteiger partial charge in [0.15, 0.2) is 0 Å². The number of hydrogen-bond donors (Lipinski definition) is 1. The number of rotatable bonds is 3. The van der Waals surface area contributed by atoms with Crippen LogP contribution in [0, 0.1) is 10.1 Å². The lowest BCUT2D eigenvalue weighted by atomic mass is 10.1. The van der Waals surface area contributed by atoms with Crippen LogP contribution in [0.25, 0.3) is 0 Å². The monoisotopic (exact) mass is 266 g/mol. The quantitative estimate of drug-likeness (QED) is 0.654. The Morgan fingerprint density at radius 2 is 2.32 bits per heavy atom. The highest BCUT2D eigenvalue weighted by Crippen LogP contribution is 2.26. The lowest BCUT2D eigenvalue weighted by Gasteiger charge is -2.16. The van der Waals surface area contributed by atoms with Crippen molar-refractivity contribution in [3.63, 3.8) is 0 Å². The third-order valence-corrected chi connectivity index (χ3v) is 3.17. The number of ether oxygens (including phenoxy) is 1. The molecule has 1 N–H and O–H groups in total. The Kier molecular flexibility index (Phi) is 3.66. The maximum atomic E-state index is 12.2. The van der Waals surface area contributed by atoms with E-state index < -0.39 is 10.8 Å². The lowest BCUT2D eigenvalue weighted by Crippen LogP contribution is -2.30. The summed E-state index contributed by atoms with van der Waals surface area (Å²) < 4.78 is 5.15. The molecule has 1 amide bonds. The molecule has 0 aliphatic carbocycles. The summed E-state index contributed by atoms with van der Waals surface area (Å²) in [4.78, 5) is 24.0. The van der Waals surface area contributed by atoms with Gasteiger partial charge in [0.1, 0.15) is 11.3 Å². The summed E-state index contributed by atoms with van der Waals surface area (Å²) in [7, 11) is 1.56. The number of amides is 1. The van der Waals surface area contributed by atoms with Crippen molar-refractivity contribution >= 4 is 11.6 Å². The summed E-state index contributed by atoms with van der Waals surface area (Å²) >= 11 is 0. The van der Waals surface area contributed by atoms with Crippen molar-refractivity contribution in [1.82, 2.24) is 4.90 Å². The van der Waals surface area contributed by atoms with E-state index in [2.05, 4.69) is 0 Å². The third kappa shape index (κ3) is 2.65. The normalized spacial score (nSPS) is 18.6. The summed E-state index contributed by atoms with van der Waals surface area (Å²) in [5, 5.41) is 20.3. The first-order valence-corrected chi connectivity index (χ1v) is 5.82. The van der Waals surface area contributed by atoms with Crippen molar-refractivity contribution in [2.45, 2.75) is 12.5 Å². The third-order valence-electron chi connectivity index (χ3n) is 3.17. The minimum Gasteiger partial charge on any atom is -0.508 e. The Bertz CT molecular complexity index is 517. The zero-order chi connectivity index (χ0) is 14.0. The Morgan fingerprint density at radius 1 is 1.58 bits per heavy atom. The number of phenols is 1. The molecule has 1 aliphatic rings. The van der Waals surface area contributed by atoms with Crippen molar-refractivity contribution in [1.29, 1.82) is 0 Å². The average Bonchev–Trinajstić information content (AvgIpc) is 2.86. The Labute approximate surface area is 109 Å². The van der Waals surface area contributed by atoms with Gasteiger partial charge in [0.2, 0.25) is 0 Å². The molecule has 0 saturated carbocycles. The summed E-state index contributed by atoms with van der Waals surface area (Å²) in [6.07, 6.45) is 0.662. The van der Waals surface area contributed by atoms with Gasteiger partial charge in [-0.2, -0.15) is 0 Å². The van der Waals surface area contributed by atoms with E-state index in [1.165, 1.54) is 11.0 Å². The van der Waals surface area contributed by atoms with E-state index in [0.717, 1.165) is 12.1 Å². The number of hydrogen-bond acceptors (Lipinski definition) is 5. The lowest BCUT2D eigenvalue weighted by molar-refractivity contribution is -0.385. The zero-order valence-electron chi connectivity index (χ0n) is 10.4. The van der Waals surface area contributed by atoms with Crippen LogP contribution in [0.1, 0.15) is 16.8 Å². The first-order valence-electron chi connectivity index (χ1n) is 5.82. The summed E-state index contributed by atoms with van der Waals surface area (Å²) in [5.74, 6) is -0.626. The zero-order valence-corrected chi connectivity index (χ0v) is 10.4. The van der Waals surface area contributed by atoms with Crippen LogP contribution < -0.4 is 0 Å². The highest BCUT2D eigenvalue weighted by molar-refractivity contribution is 5.98. The van der Waals surface area contributed by atoms with Crippen LogP contribution in [0.15, 0.2) is 18.2 Å². The van der Waals surface area contributed by atoms with Gasteiger partial charge in [-0.1, -0.05) is 0 Å². The fourth-order valence-corrected chi connectivity index (χ4v) is 2.13. The van der Waals surface area contributed by atoms with Crippen LogP contribution in [0.4, 0.5) is 5.69 Å². The summed E-state index contributed by atoms with van der Waals surface area (Å²) in [6, 6.07) is 3.45. The standard InChI is InChI=1S/C12H14N2O5/c1-19-9-4-5-13(7-9)12(16)10-6-8(15)2-3-11(10)14(17)18/h2-3,6,9,15H,4-5,7H2,1H3. The van der Waals surface area contributed by atoms with Gasteiger partial charge in [0.05, 0.1) is 11.0 Å². The van der Waals surface area contributed by atoms with Gasteiger partial charge in [-0.3, -0.25) is 14.9 Å². The number of methoxy groups -OCH3 is 1. The Balaban J connectivity index is 2.28. The van der Waals surface area contributed by atoms with Crippen molar-refractivity contribution in [2.24, 2.45) is 0 Å². The number of nitro benzene ring substituents is 1. The van der Waals surface area contributed by atoms with Crippen LogP contribution in [0.3, 0.4) is 0 Å². The number of phenolic OH excluding ortho intramolecular Hbond substituents is 1. The summed E-state index contributed by atoms with van der Waals surface area (Å²) in [5.41, 5.74) is -0.398. The highest BCUT2D eigenvalue weighted by atomic mass is 16.6. The molecular formula is C12H14N2O5. The molecular weight excluding hydrogens is 252 g/mol. The molecule has 19 heavy (non-hydrogen) atoms. The molecule has 1 aromatic rings. The average molecular weight is 266 g/mol. The van der Waals surface area contributed by atoms with Gasteiger partial charge in [-0.15, -0.1) is 0 Å². The van der Waals surface area contributed by atoms with Crippen LogP contribution >= 0.6 is 0 Å². The van der Waals surface area contributed by atoms with Crippen LogP contribution in [0.5, 0.6) is 5.75 Å². The molecule has 1 fully saturated rings. The van der Waals surface area contributed by atoms with Gasteiger partial charge in [0, 0.05) is 26.3 Å². The molecule has 0 radical (unpaired) electrons. The predicted molar refractivity (Wildman–Crippen MR) is 66.1 cm³/mol. The molecule has 1 heterocycles. The van der Waals surface area contributed by atoms with E-state index in [9.17, 15) is 20.0 Å². The van der Waals surface area contributed by atoms with E-state index in [4.69, 9.17) is 4.74 Å². The van der Waals surface area contributed by atoms with Crippen LogP contribution in [-0.4, -0.2) is 47.1 Å². The van der Waals surface area contributed by atoms with Crippen molar-refractivity contribution in [3.8, 4) is 5.75 Å². The molecule has 1 atom stereocenters. The molecule has 2 rings (SSSR count). The smallest absolute Gasteiger partial charge is 0.282 e. The van der Waals surface area contributed by atoms with Crippen molar-refractivity contribution in [3.05, 3.63) is 33.9 Å². The highest BCUT2D eigenvalue weighted by Gasteiger charge is 2.30. The second kappa shape index (κ2) is 5.23. The molecule has 1 unspecified atom stereocenters. The topological polar surface area (TPSA) is 92.9 Å². The number of nitro groups is 1. The molecule has 102 valence electrons. The van der Waals surface area contributed by atoms with Crippen molar-refractivity contribution in [2.75, 3.05) is 20.2 Å². The second-order valence-electron chi connectivity index (χ2n) is 4.36. The fraction of sp³-hybridized carbons (Fsp3) is 0.417. The number of carbonyl (C=O) groups excluding carboxylic acids is 1. The van der Waals surface area contributed by atoms with E-state index >= 15 is 0 Å². The van der Waals surface area contributed by atoms with Gasteiger partial charge in [-0.05, 0) is 18.6 Å². The molecule has 1 aromatic carbocycles. The predicted octanol–water partition coefficient (Wildman–Crippen LogP) is 1.16. The maximum absolute atomic E-state index is 12.2.